The zero-order chi connectivity index (χ0) is 15.3. The second kappa shape index (κ2) is 6.94. The van der Waals surface area contributed by atoms with E-state index in [9.17, 15) is 4.79 Å². The molecule has 116 valence electrons. The molecule has 0 saturated heterocycles. The van der Waals surface area contributed by atoms with Crippen molar-refractivity contribution in [3.05, 3.63) is 29.8 Å². The lowest BCUT2D eigenvalue weighted by Crippen LogP contribution is -2.54. The summed E-state index contributed by atoms with van der Waals surface area (Å²) in [5.74, 6) is 0.330. The molecule has 1 fully saturated rings. The maximum Gasteiger partial charge on any atom is 0.242 e. The average Bonchev–Trinajstić information content (AvgIpc) is 2.75. The van der Waals surface area contributed by atoms with Crippen molar-refractivity contribution in [3.63, 3.8) is 0 Å². The van der Waals surface area contributed by atoms with Gasteiger partial charge in [-0.1, -0.05) is 43.9 Å². The summed E-state index contributed by atoms with van der Waals surface area (Å²) in [6.45, 7) is 1.86. The summed E-state index contributed by atoms with van der Waals surface area (Å²) in [6, 6.07) is 7.91. The molecular weight excluding hydrogens is 264 g/mol. The highest BCUT2D eigenvalue weighted by Gasteiger charge is 2.37. The van der Waals surface area contributed by atoms with Crippen LogP contribution >= 0.6 is 0 Å². The zero-order valence-electron chi connectivity index (χ0n) is 13.0. The standard InChI is InChI=1S/C17H26N2O2/c1-17(16(18)20,14-11-7-8-12-15(14)21-2)19-13-9-5-3-4-6-10-13/h7-8,11-13,19H,3-6,9-10H2,1-2H3,(H2,18,20). The Morgan fingerprint density at radius 3 is 2.43 bits per heavy atom. The molecule has 1 atom stereocenters. The average molecular weight is 290 g/mol. The van der Waals surface area contributed by atoms with Crippen molar-refractivity contribution in [3.8, 4) is 5.75 Å². The molecule has 0 spiro atoms. The Morgan fingerprint density at radius 2 is 1.86 bits per heavy atom. The minimum Gasteiger partial charge on any atom is -0.496 e. The van der Waals surface area contributed by atoms with Crippen LogP contribution in [0, 0.1) is 0 Å². The Balaban J connectivity index is 2.29. The number of hydrogen-bond donors (Lipinski definition) is 2. The Kier molecular flexibility index (Phi) is 5.23. The van der Waals surface area contributed by atoms with Gasteiger partial charge in [0.15, 0.2) is 0 Å². The van der Waals surface area contributed by atoms with Crippen LogP contribution in [-0.2, 0) is 10.3 Å². The second-order valence-electron chi connectivity index (χ2n) is 6.02. The minimum absolute atomic E-state index is 0.329. The van der Waals surface area contributed by atoms with Crippen molar-refractivity contribution in [2.24, 2.45) is 5.73 Å². The summed E-state index contributed by atoms with van der Waals surface area (Å²) in [7, 11) is 1.62. The van der Waals surface area contributed by atoms with Crippen molar-refractivity contribution in [2.75, 3.05) is 7.11 Å². The third-order valence-corrected chi connectivity index (χ3v) is 4.49. The number of carbonyl (C=O) groups is 1. The van der Waals surface area contributed by atoms with Gasteiger partial charge in [0.1, 0.15) is 11.3 Å². The Labute approximate surface area is 127 Å². The van der Waals surface area contributed by atoms with Gasteiger partial charge < -0.3 is 10.5 Å². The number of nitrogens with one attached hydrogen (secondary N) is 1. The van der Waals surface area contributed by atoms with Crippen molar-refractivity contribution in [1.82, 2.24) is 5.32 Å². The van der Waals surface area contributed by atoms with Crippen LogP contribution in [0.4, 0.5) is 0 Å². The number of carbonyl (C=O) groups excluding carboxylic acids is 1. The van der Waals surface area contributed by atoms with Crippen molar-refractivity contribution in [2.45, 2.75) is 57.0 Å². The van der Waals surface area contributed by atoms with E-state index in [1.807, 2.05) is 31.2 Å². The number of methoxy groups -OCH3 is 1. The van der Waals surface area contributed by atoms with E-state index in [0.29, 0.717) is 11.8 Å². The summed E-state index contributed by atoms with van der Waals surface area (Å²) < 4.78 is 5.41. The molecule has 0 aliphatic heterocycles. The number of ether oxygens (including phenoxy) is 1. The molecule has 3 N–H and O–H groups in total. The van der Waals surface area contributed by atoms with E-state index in [1.165, 1.54) is 25.7 Å². The van der Waals surface area contributed by atoms with Gasteiger partial charge in [-0.15, -0.1) is 0 Å². The normalized spacial score (nSPS) is 19.5. The van der Waals surface area contributed by atoms with Crippen LogP contribution in [0.3, 0.4) is 0 Å². The number of nitrogens with two attached hydrogens (primary N) is 1. The van der Waals surface area contributed by atoms with Gasteiger partial charge in [0.2, 0.25) is 5.91 Å². The molecule has 1 saturated carbocycles. The summed E-state index contributed by atoms with van der Waals surface area (Å²) in [5, 5.41) is 3.51. The molecule has 0 heterocycles. The SMILES string of the molecule is COc1ccccc1C(C)(NC1CCCCCC1)C(N)=O. The largest absolute Gasteiger partial charge is 0.496 e. The van der Waals surface area contributed by atoms with Crippen LogP contribution in [-0.4, -0.2) is 19.1 Å². The number of para-hydroxylation sites is 1. The first-order valence-electron chi connectivity index (χ1n) is 7.79. The molecule has 2 rings (SSSR count). The molecule has 4 nitrogen and oxygen atoms in total. The van der Waals surface area contributed by atoms with Gasteiger partial charge >= 0.3 is 0 Å². The van der Waals surface area contributed by atoms with Crippen LogP contribution < -0.4 is 15.8 Å². The molecule has 4 heteroatoms. The van der Waals surface area contributed by atoms with Gasteiger partial charge in [-0.3, -0.25) is 10.1 Å². The lowest BCUT2D eigenvalue weighted by molar-refractivity contribution is -0.124. The number of primary amides is 1. The molecule has 1 aromatic carbocycles. The number of rotatable bonds is 5. The third kappa shape index (κ3) is 3.56. The third-order valence-electron chi connectivity index (χ3n) is 4.49. The maximum absolute atomic E-state index is 12.2. The molecule has 1 aliphatic carbocycles. The van der Waals surface area contributed by atoms with Crippen LogP contribution in [0.1, 0.15) is 51.0 Å². The molecule has 1 aliphatic rings. The molecule has 0 aromatic heterocycles. The Hall–Kier alpha value is -1.55. The lowest BCUT2D eigenvalue weighted by Gasteiger charge is -2.33. The molecule has 0 radical (unpaired) electrons. The van der Waals surface area contributed by atoms with Crippen LogP contribution in [0.5, 0.6) is 5.75 Å². The van der Waals surface area contributed by atoms with Crippen molar-refractivity contribution < 1.29 is 9.53 Å². The van der Waals surface area contributed by atoms with Gasteiger partial charge in [-0.2, -0.15) is 0 Å². The number of amides is 1. The van der Waals surface area contributed by atoms with E-state index in [4.69, 9.17) is 10.5 Å². The molecular formula is C17H26N2O2. The lowest BCUT2D eigenvalue weighted by atomic mass is 9.88. The zero-order valence-corrected chi connectivity index (χ0v) is 13.0. The molecule has 21 heavy (non-hydrogen) atoms. The summed E-state index contributed by atoms with van der Waals surface area (Å²) in [4.78, 5) is 12.2. The van der Waals surface area contributed by atoms with Crippen molar-refractivity contribution >= 4 is 5.91 Å². The van der Waals surface area contributed by atoms with E-state index < -0.39 is 5.54 Å². The van der Waals surface area contributed by atoms with Gasteiger partial charge in [-0.05, 0) is 25.8 Å². The predicted molar refractivity (Wildman–Crippen MR) is 84.2 cm³/mol. The van der Waals surface area contributed by atoms with E-state index in [-0.39, 0.29) is 5.91 Å². The van der Waals surface area contributed by atoms with Crippen molar-refractivity contribution in [1.29, 1.82) is 0 Å². The summed E-state index contributed by atoms with van der Waals surface area (Å²) >= 11 is 0. The maximum atomic E-state index is 12.2. The van der Waals surface area contributed by atoms with E-state index >= 15 is 0 Å². The fourth-order valence-electron chi connectivity index (χ4n) is 3.17. The first kappa shape index (κ1) is 15.8. The van der Waals surface area contributed by atoms with Gasteiger partial charge in [0.05, 0.1) is 7.11 Å². The van der Waals surface area contributed by atoms with Crippen LogP contribution in [0.25, 0.3) is 0 Å². The summed E-state index contributed by atoms with van der Waals surface area (Å²) in [5.41, 5.74) is 5.63. The minimum atomic E-state index is -0.901. The first-order valence-corrected chi connectivity index (χ1v) is 7.79. The number of hydrogen-bond acceptors (Lipinski definition) is 3. The Bertz CT molecular complexity index is 481. The summed E-state index contributed by atoms with van der Waals surface area (Å²) in [6.07, 6.45) is 7.16. The smallest absolute Gasteiger partial charge is 0.242 e. The first-order chi connectivity index (χ1) is 10.1. The van der Waals surface area contributed by atoms with Crippen LogP contribution in [0.15, 0.2) is 24.3 Å². The second-order valence-corrected chi connectivity index (χ2v) is 6.02. The fraction of sp³-hybridized carbons (Fsp3) is 0.588. The molecule has 1 unspecified atom stereocenters. The van der Waals surface area contributed by atoms with Gasteiger partial charge in [0, 0.05) is 11.6 Å². The highest BCUT2D eigenvalue weighted by atomic mass is 16.5. The van der Waals surface area contributed by atoms with Gasteiger partial charge in [0.25, 0.3) is 0 Å². The van der Waals surface area contributed by atoms with E-state index in [2.05, 4.69) is 5.32 Å². The van der Waals surface area contributed by atoms with E-state index in [1.54, 1.807) is 7.11 Å². The molecule has 1 amide bonds. The molecule has 1 aromatic rings. The highest BCUT2D eigenvalue weighted by molar-refractivity contribution is 5.86. The van der Waals surface area contributed by atoms with E-state index in [0.717, 1.165) is 18.4 Å². The highest BCUT2D eigenvalue weighted by Crippen LogP contribution is 2.31. The number of benzene rings is 1. The fourth-order valence-corrected chi connectivity index (χ4v) is 3.17. The van der Waals surface area contributed by atoms with Gasteiger partial charge in [-0.25, -0.2) is 0 Å². The molecule has 0 bridgehead atoms. The quantitative estimate of drug-likeness (QED) is 0.820. The Morgan fingerprint density at radius 1 is 1.24 bits per heavy atom. The monoisotopic (exact) mass is 290 g/mol. The van der Waals surface area contributed by atoms with Crippen LogP contribution in [0.2, 0.25) is 0 Å². The topological polar surface area (TPSA) is 64.3 Å². The predicted octanol–water partition coefficient (Wildman–Crippen LogP) is 2.71.